The van der Waals surface area contributed by atoms with Crippen LogP contribution in [0.5, 0.6) is 23.0 Å². The lowest BCUT2D eigenvalue weighted by molar-refractivity contribution is -0.131. The Kier molecular flexibility index (Phi) is 5.89. The standard InChI is InChI=1S/C28H26N2O5S/c1-32-21-5-6-24(33-2)22(12-21)28-19(10-18-11-25-26(35-16-34-25)13-23(18)29-28)14-30(20-3-4-20)27(31)9-17-7-8-36-15-17/h5-8,10-13,15,20H,3-4,9,14,16H2,1-2H3. The van der Waals surface area contributed by atoms with Crippen LogP contribution < -0.4 is 18.9 Å². The van der Waals surface area contributed by atoms with Gasteiger partial charge in [-0.05, 0) is 71.1 Å². The van der Waals surface area contributed by atoms with Crippen molar-refractivity contribution in [3.8, 4) is 34.3 Å². The van der Waals surface area contributed by atoms with Crippen LogP contribution in [0.3, 0.4) is 0 Å². The number of hydrogen-bond donors (Lipinski definition) is 0. The molecule has 8 heteroatoms. The molecule has 4 aromatic rings. The average Bonchev–Trinajstić information content (AvgIpc) is 3.41. The first kappa shape index (κ1) is 22.7. The summed E-state index contributed by atoms with van der Waals surface area (Å²) in [5.41, 5.74) is 4.34. The Balaban J connectivity index is 1.47. The number of thiophene rings is 1. The summed E-state index contributed by atoms with van der Waals surface area (Å²) >= 11 is 1.61. The first-order valence-corrected chi connectivity index (χ1v) is 12.8. The minimum Gasteiger partial charge on any atom is -0.497 e. The van der Waals surface area contributed by atoms with Gasteiger partial charge in [-0.25, -0.2) is 4.98 Å². The molecule has 2 aromatic heterocycles. The van der Waals surface area contributed by atoms with Gasteiger partial charge in [-0.15, -0.1) is 0 Å². The van der Waals surface area contributed by atoms with E-state index in [0.29, 0.717) is 36.0 Å². The second-order valence-corrected chi connectivity index (χ2v) is 9.80. The van der Waals surface area contributed by atoms with Gasteiger partial charge in [0, 0.05) is 29.6 Å². The third-order valence-corrected chi connectivity index (χ3v) is 7.37. The molecule has 7 nitrogen and oxygen atoms in total. The molecule has 36 heavy (non-hydrogen) atoms. The van der Waals surface area contributed by atoms with E-state index >= 15 is 0 Å². The number of pyridine rings is 1. The van der Waals surface area contributed by atoms with Crippen LogP contribution in [0.4, 0.5) is 0 Å². The van der Waals surface area contributed by atoms with Crippen LogP contribution in [0.2, 0.25) is 0 Å². The van der Waals surface area contributed by atoms with E-state index in [1.807, 2.05) is 52.1 Å². The fraction of sp³-hybridized carbons (Fsp3) is 0.286. The SMILES string of the molecule is COc1ccc(OC)c(-c2nc3cc4c(cc3cc2CN(C(=O)Cc2ccsc2)C2CC2)OCO4)c1. The third-order valence-electron chi connectivity index (χ3n) is 6.63. The van der Waals surface area contributed by atoms with E-state index < -0.39 is 0 Å². The molecular weight excluding hydrogens is 476 g/mol. The Bertz CT molecular complexity index is 1430. The lowest BCUT2D eigenvalue weighted by Gasteiger charge is -2.24. The fourth-order valence-electron chi connectivity index (χ4n) is 4.62. The Labute approximate surface area is 213 Å². The number of ether oxygens (including phenoxy) is 4. The van der Waals surface area contributed by atoms with Crippen molar-refractivity contribution in [1.82, 2.24) is 9.88 Å². The first-order chi connectivity index (χ1) is 17.6. The van der Waals surface area contributed by atoms with Gasteiger partial charge in [0.25, 0.3) is 0 Å². The zero-order chi connectivity index (χ0) is 24.6. The van der Waals surface area contributed by atoms with Crippen LogP contribution in [0.1, 0.15) is 24.0 Å². The summed E-state index contributed by atoms with van der Waals surface area (Å²) in [7, 11) is 3.28. The molecule has 184 valence electrons. The van der Waals surface area contributed by atoms with Crippen molar-refractivity contribution in [2.45, 2.75) is 31.8 Å². The maximum Gasteiger partial charge on any atom is 0.231 e. The predicted molar refractivity (Wildman–Crippen MR) is 138 cm³/mol. The second kappa shape index (κ2) is 9.35. The summed E-state index contributed by atoms with van der Waals surface area (Å²) in [5, 5.41) is 4.98. The summed E-state index contributed by atoms with van der Waals surface area (Å²) in [4.78, 5) is 20.5. The minimum atomic E-state index is 0.130. The zero-order valence-electron chi connectivity index (χ0n) is 20.2. The third kappa shape index (κ3) is 4.33. The second-order valence-electron chi connectivity index (χ2n) is 9.02. The van der Waals surface area contributed by atoms with Gasteiger partial charge in [0.15, 0.2) is 11.5 Å². The Hall–Kier alpha value is -3.78. The zero-order valence-corrected chi connectivity index (χ0v) is 21.0. The van der Waals surface area contributed by atoms with Crippen molar-refractivity contribution in [2.75, 3.05) is 21.0 Å². The van der Waals surface area contributed by atoms with Crippen LogP contribution >= 0.6 is 11.3 Å². The van der Waals surface area contributed by atoms with E-state index in [9.17, 15) is 4.79 Å². The number of rotatable bonds is 8. The summed E-state index contributed by atoms with van der Waals surface area (Å²) in [5.74, 6) is 2.90. The van der Waals surface area contributed by atoms with Gasteiger partial charge >= 0.3 is 0 Å². The first-order valence-electron chi connectivity index (χ1n) is 11.9. The van der Waals surface area contributed by atoms with Crippen molar-refractivity contribution in [3.63, 3.8) is 0 Å². The molecule has 0 spiro atoms. The summed E-state index contributed by atoms with van der Waals surface area (Å²) < 4.78 is 22.4. The van der Waals surface area contributed by atoms with E-state index in [1.165, 1.54) is 0 Å². The number of carbonyl (C=O) groups is 1. The largest absolute Gasteiger partial charge is 0.497 e. The van der Waals surface area contributed by atoms with Crippen molar-refractivity contribution >= 4 is 28.1 Å². The molecule has 1 aliphatic carbocycles. The molecule has 1 saturated carbocycles. The quantitative estimate of drug-likeness (QED) is 0.319. The minimum absolute atomic E-state index is 0.130. The summed E-state index contributed by atoms with van der Waals surface area (Å²) in [6.45, 7) is 0.655. The van der Waals surface area contributed by atoms with Gasteiger partial charge in [-0.2, -0.15) is 11.3 Å². The van der Waals surface area contributed by atoms with Gasteiger partial charge in [0.2, 0.25) is 12.7 Å². The molecule has 0 unspecified atom stereocenters. The monoisotopic (exact) mass is 502 g/mol. The van der Waals surface area contributed by atoms with Gasteiger partial charge in [0.1, 0.15) is 11.5 Å². The molecule has 0 N–H and O–H groups in total. The van der Waals surface area contributed by atoms with Crippen LogP contribution in [-0.2, 0) is 17.8 Å². The smallest absolute Gasteiger partial charge is 0.231 e. The Morgan fingerprint density at radius 3 is 2.64 bits per heavy atom. The molecule has 2 aliphatic rings. The number of methoxy groups -OCH3 is 2. The molecular formula is C28H26N2O5S. The lowest BCUT2D eigenvalue weighted by atomic mass is 10.0. The highest BCUT2D eigenvalue weighted by Gasteiger charge is 2.33. The van der Waals surface area contributed by atoms with Crippen molar-refractivity contribution < 1.29 is 23.7 Å². The number of benzene rings is 2. The van der Waals surface area contributed by atoms with Crippen LogP contribution in [0, 0.1) is 0 Å². The molecule has 0 atom stereocenters. The molecule has 2 aromatic carbocycles. The van der Waals surface area contributed by atoms with Gasteiger partial charge < -0.3 is 23.8 Å². The number of fused-ring (bicyclic) bond motifs is 2. The molecule has 1 amide bonds. The van der Waals surface area contributed by atoms with Gasteiger partial charge in [-0.3, -0.25) is 4.79 Å². The topological polar surface area (TPSA) is 70.1 Å². The summed E-state index contributed by atoms with van der Waals surface area (Å²) in [6.07, 6.45) is 2.44. The van der Waals surface area contributed by atoms with Gasteiger partial charge in [0.05, 0.1) is 31.9 Å². The Morgan fingerprint density at radius 2 is 1.92 bits per heavy atom. The van der Waals surface area contributed by atoms with Crippen LogP contribution in [0.25, 0.3) is 22.2 Å². The van der Waals surface area contributed by atoms with Crippen molar-refractivity contribution in [1.29, 1.82) is 0 Å². The molecule has 1 aliphatic heterocycles. The van der Waals surface area contributed by atoms with E-state index in [2.05, 4.69) is 6.07 Å². The van der Waals surface area contributed by atoms with E-state index in [-0.39, 0.29) is 18.7 Å². The lowest BCUT2D eigenvalue weighted by Crippen LogP contribution is -2.34. The van der Waals surface area contributed by atoms with Gasteiger partial charge in [-0.1, -0.05) is 0 Å². The summed E-state index contributed by atoms with van der Waals surface area (Å²) in [6, 6.07) is 13.9. The molecule has 0 saturated heterocycles. The number of hydrogen-bond acceptors (Lipinski definition) is 7. The maximum absolute atomic E-state index is 13.4. The molecule has 3 heterocycles. The highest BCUT2D eigenvalue weighted by Crippen LogP contribution is 2.41. The molecule has 0 bridgehead atoms. The number of aromatic nitrogens is 1. The molecule has 1 fully saturated rings. The van der Waals surface area contributed by atoms with E-state index in [0.717, 1.165) is 46.1 Å². The highest BCUT2D eigenvalue weighted by molar-refractivity contribution is 7.08. The average molecular weight is 503 g/mol. The number of carbonyl (C=O) groups excluding carboxylic acids is 1. The number of nitrogens with zero attached hydrogens (tertiary/aromatic N) is 2. The highest BCUT2D eigenvalue weighted by atomic mass is 32.1. The maximum atomic E-state index is 13.4. The van der Waals surface area contributed by atoms with Crippen LogP contribution in [0.15, 0.2) is 53.2 Å². The van der Waals surface area contributed by atoms with Crippen LogP contribution in [-0.4, -0.2) is 42.8 Å². The predicted octanol–water partition coefficient (Wildman–Crippen LogP) is 5.44. The van der Waals surface area contributed by atoms with Crippen molar-refractivity contribution in [2.24, 2.45) is 0 Å². The van der Waals surface area contributed by atoms with Crippen molar-refractivity contribution in [3.05, 3.63) is 64.4 Å². The normalized spacial score (nSPS) is 14.2. The molecule has 0 radical (unpaired) electrons. The van der Waals surface area contributed by atoms with E-state index in [4.69, 9.17) is 23.9 Å². The number of amides is 1. The molecule has 6 rings (SSSR count). The fourth-order valence-corrected chi connectivity index (χ4v) is 5.29. The Morgan fingerprint density at radius 1 is 1.08 bits per heavy atom. The van der Waals surface area contributed by atoms with E-state index in [1.54, 1.807) is 25.6 Å².